The summed E-state index contributed by atoms with van der Waals surface area (Å²) in [5.41, 5.74) is 6.82. The molecule has 0 heterocycles. The van der Waals surface area contributed by atoms with Gasteiger partial charge in [0.1, 0.15) is 0 Å². The highest BCUT2D eigenvalue weighted by atomic mass is 16.6. The third-order valence-corrected chi connectivity index (χ3v) is 3.18. The Balaban J connectivity index is 2.49. The fourth-order valence-electron chi connectivity index (χ4n) is 2.44. The summed E-state index contributed by atoms with van der Waals surface area (Å²) in [7, 11) is 3.17. The average Bonchev–Trinajstić information content (AvgIpc) is 2.64. The number of carbonyl (C=O) groups is 1. The number of carbonyl (C=O) groups excluding carboxylic acids is 1. The molecule has 18 heavy (non-hydrogen) atoms. The molecule has 1 aliphatic carbocycles. The van der Waals surface area contributed by atoms with E-state index in [0.29, 0.717) is 24.3 Å². The van der Waals surface area contributed by atoms with Gasteiger partial charge >= 0.3 is 5.97 Å². The Hall–Kier alpha value is -1.75. The van der Waals surface area contributed by atoms with E-state index < -0.39 is 5.72 Å². The van der Waals surface area contributed by atoms with Gasteiger partial charge in [0.05, 0.1) is 14.2 Å². The number of benzene rings is 1. The quantitative estimate of drug-likeness (QED) is 0.648. The van der Waals surface area contributed by atoms with Crippen LogP contribution in [0, 0.1) is 0 Å². The molecule has 2 N–H and O–H groups in total. The van der Waals surface area contributed by atoms with Crippen molar-refractivity contribution >= 4 is 5.97 Å². The number of rotatable bonds is 3. The fourth-order valence-corrected chi connectivity index (χ4v) is 2.44. The second-order valence-corrected chi connectivity index (χ2v) is 4.31. The van der Waals surface area contributed by atoms with Crippen molar-refractivity contribution in [3.05, 3.63) is 23.3 Å². The summed E-state index contributed by atoms with van der Waals surface area (Å²) in [6.45, 7) is 1.35. The molecular weight excluding hydrogens is 234 g/mol. The highest BCUT2D eigenvalue weighted by molar-refractivity contribution is 5.67. The van der Waals surface area contributed by atoms with Gasteiger partial charge in [-0.05, 0) is 18.6 Å². The van der Waals surface area contributed by atoms with Crippen molar-refractivity contribution in [2.75, 3.05) is 14.2 Å². The van der Waals surface area contributed by atoms with Crippen LogP contribution in [-0.2, 0) is 21.7 Å². The standard InChI is InChI=1S/C13H17NO4/c1-8(15)18-13(14)7-6-9-10(13)4-5-11(16-2)12(9)17-3/h4-5H,6-7,14H2,1-3H3. The van der Waals surface area contributed by atoms with Crippen molar-refractivity contribution in [1.29, 1.82) is 0 Å². The summed E-state index contributed by atoms with van der Waals surface area (Å²) in [5.74, 6) is 0.929. The molecule has 0 saturated carbocycles. The Bertz CT molecular complexity index is 486. The van der Waals surface area contributed by atoms with Crippen molar-refractivity contribution in [2.24, 2.45) is 5.73 Å². The van der Waals surface area contributed by atoms with E-state index in [4.69, 9.17) is 19.9 Å². The largest absolute Gasteiger partial charge is 0.493 e. The van der Waals surface area contributed by atoms with Crippen molar-refractivity contribution in [1.82, 2.24) is 0 Å². The van der Waals surface area contributed by atoms with E-state index in [1.54, 1.807) is 20.3 Å². The second-order valence-electron chi connectivity index (χ2n) is 4.31. The van der Waals surface area contributed by atoms with Crippen LogP contribution in [0.25, 0.3) is 0 Å². The second kappa shape index (κ2) is 4.49. The first-order valence-corrected chi connectivity index (χ1v) is 5.74. The molecule has 0 saturated heterocycles. The van der Waals surface area contributed by atoms with Gasteiger partial charge in [0.15, 0.2) is 17.2 Å². The number of fused-ring (bicyclic) bond motifs is 1. The van der Waals surface area contributed by atoms with Crippen molar-refractivity contribution < 1.29 is 19.0 Å². The van der Waals surface area contributed by atoms with E-state index in [0.717, 1.165) is 11.1 Å². The van der Waals surface area contributed by atoms with E-state index >= 15 is 0 Å². The first-order chi connectivity index (χ1) is 8.51. The fraction of sp³-hybridized carbons (Fsp3) is 0.462. The molecule has 0 aromatic heterocycles. The lowest BCUT2D eigenvalue weighted by atomic mass is 10.0. The van der Waals surface area contributed by atoms with Crippen LogP contribution in [0.1, 0.15) is 24.5 Å². The molecule has 0 aliphatic heterocycles. The Kier molecular flexibility index (Phi) is 3.17. The summed E-state index contributed by atoms with van der Waals surface area (Å²) in [6, 6.07) is 3.60. The molecule has 1 aromatic carbocycles. The normalized spacial score (nSPS) is 21.3. The smallest absolute Gasteiger partial charge is 0.304 e. The van der Waals surface area contributed by atoms with Crippen LogP contribution < -0.4 is 15.2 Å². The molecule has 0 amide bonds. The molecule has 1 aliphatic rings. The highest BCUT2D eigenvalue weighted by Gasteiger charge is 2.40. The summed E-state index contributed by atoms with van der Waals surface area (Å²) in [6.07, 6.45) is 1.24. The summed E-state index contributed by atoms with van der Waals surface area (Å²) >= 11 is 0. The zero-order valence-electron chi connectivity index (χ0n) is 10.8. The van der Waals surface area contributed by atoms with Crippen LogP contribution >= 0.6 is 0 Å². The summed E-state index contributed by atoms with van der Waals surface area (Å²) in [4.78, 5) is 11.1. The molecule has 0 bridgehead atoms. The molecule has 5 heteroatoms. The number of methoxy groups -OCH3 is 2. The molecule has 0 spiro atoms. The number of ether oxygens (including phenoxy) is 3. The topological polar surface area (TPSA) is 70.8 Å². The number of esters is 1. The molecule has 2 rings (SSSR count). The van der Waals surface area contributed by atoms with E-state index in [9.17, 15) is 4.79 Å². The minimum absolute atomic E-state index is 0.389. The van der Waals surface area contributed by atoms with Gasteiger partial charge in [-0.15, -0.1) is 0 Å². The molecule has 1 aromatic rings. The molecule has 98 valence electrons. The summed E-state index contributed by atoms with van der Waals surface area (Å²) < 4.78 is 15.8. The van der Waals surface area contributed by atoms with Crippen LogP contribution in [-0.4, -0.2) is 20.2 Å². The molecule has 1 atom stereocenters. The van der Waals surface area contributed by atoms with Gasteiger partial charge in [-0.25, -0.2) is 0 Å². The van der Waals surface area contributed by atoms with E-state index in [-0.39, 0.29) is 5.97 Å². The van der Waals surface area contributed by atoms with E-state index in [1.807, 2.05) is 6.07 Å². The minimum atomic E-state index is -1.05. The molecule has 1 unspecified atom stereocenters. The SMILES string of the molecule is COc1ccc2c(c1OC)CCC2(N)OC(C)=O. The maximum atomic E-state index is 11.1. The molecule has 5 nitrogen and oxygen atoms in total. The lowest BCUT2D eigenvalue weighted by molar-refractivity contribution is -0.157. The molecular formula is C13H17NO4. The van der Waals surface area contributed by atoms with Gasteiger partial charge in [0.2, 0.25) is 0 Å². The minimum Gasteiger partial charge on any atom is -0.493 e. The molecule has 0 radical (unpaired) electrons. The van der Waals surface area contributed by atoms with Crippen LogP contribution in [0.3, 0.4) is 0 Å². The third kappa shape index (κ3) is 1.90. The first kappa shape index (κ1) is 12.7. The van der Waals surface area contributed by atoms with Gasteiger partial charge in [0, 0.05) is 24.5 Å². The predicted octanol–water partition coefficient (Wildman–Crippen LogP) is 1.32. The Morgan fingerprint density at radius 1 is 1.33 bits per heavy atom. The van der Waals surface area contributed by atoms with Gasteiger partial charge < -0.3 is 14.2 Å². The van der Waals surface area contributed by atoms with Crippen LogP contribution in [0.4, 0.5) is 0 Å². The summed E-state index contributed by atoms with van der Waals surface area (Å²) in [5, 5.41) is 0. The van der Waals surface area contributed by atoms with Crippen molar-refractivity contribution in [3.8, 4) is 11.5 Å². The average molecular weight is 251 g/mol. The van der Waals surface area contributed by atoms with Gasteiger partial charge in [-0.1, -0.05) is 0 Å². The highest BCUT2D eigenvalue weighted by Crippen LogP contribution is 2.44. The van der Waals surface area contributed by atoms with Gasteiger partial charge in [-0.3, -0.25) is 10.5 Å². The van der Waals surface area contributed by atoms with Gasteiger partial charge in [-0.2, -0.15) is 0 Å². The Labute approximate surface area is 106 Å². The molecule has 0 fully saturated rings. The predicted molar refractivity (Wildman–Crippen MR) is 65.5 cm³/mol. The Morgan fingerprint density at radius 3 is 2.61 bits per heavy atom. The monoisotopic (exact) mass is 251 g/mol. The van der Waals surface area contributed by atoms with E-state index in [1.165, 1.54) is 6.92 Å². The van der Waals surface area contributed by atoms with E-state index in [2.05, 4.69) is 0 Å². The third-order valence-electron chi connectivity index (χ3n) is 3.18. The number of nitrogens with two attached hydrogens (primary N) is 1. The Morgan fingerprint density at radius 2 is 2.06 bits per heavy atom. The van der Waals surface area contributed by atoms with Crippen molar-refractivity contribution in [2.45, 2.75) is 25.5 Å². The van der Waals surface area contributed by atoms with Crippen LogP contribution in [0.15, 0.2) is 12.1 Å². The van der Waals surface area contributed by atoms with Crippen LogP contribution in [0.2, 0.25) is 0 Å². The number of hydrogen-bond acceptors (Lipinski definition) is 5. The maximum absolute atomic E-state index is 11.1. The van der Waals surface area contributed by atoms with Gasteiger partial charge in [0.25, 0.3) is 0 Å². The maximum Gasteiger partial charge on any atom is 0.304 e. The first-order valence-electron chi connectivity index (χ1n) is 5.74. The van der Waals surface area contributed by atoms with Crippen LogP contribution in [0.5, 0.6) is 11.5 Å². The zero-order chi connectivity index (χ0) is 13.3. The number of hydrogen-bond donors (Lipinski definition) is 1. The zero-order valence-corrected chi connectivity index (χ0v) is 10.8. The lowest BCUT2D eigenvalue weighted by Crippen LogP contribution is -2.38. The lowest BCUT2D eigenvalue weighted by Gasteiger charge is -2.25. The van der Waals surface area contributed by atoms with Crippen molar-refractivity contribution in [3.63, 3.8) is 0 Å².